The Labute approximate surface area is 92.3 Å². The number of hydrogen-bond donors (Lipinski definition) is 2. The van der Waals surface area contributed by atoms with E-state index in [0.29, 0.717) is 5.82 Å². The van der Waals surface area contributed by atoms with Crippen molar-refractivity contribution in [3.8, 4) is 0 Å². The lowest BCUT2D eigenvalue weighted by Gasteiger charge is -2.04. The van der Waals surface area contributed by atoms with Crippen molar-refractivity contribution >= 4 is 17.6 Å². The molecule has 0 radical (unpaired) electrons. The normalized spacial score (nSPS) is 10.1. The third kappa shape index (κ3) is 2.03. The van der Waals surface area contributed by atoms with E-state index in [1.165, 1.54) is 12.1 Å². The van der Waals surface area contributed by atoms with Crippen LogP contribution in [0.2, 0.25) is 0 Å². The third-order valence-corrected chi connectivity index (χ3v) is 2.09. The molecule has 0 unspecified atom stereocenters. The highest BCUT2D eigenvalue weighted by atomic mass is 16.4. The van der Waals surface area contributed by atoms with Crippen LogP contribution in [0.15, 0.2) is 34.9 Å². The number of anilines is 2. The molecule has 2 heterocycles. The molecule has 0 fully saturated rings. The first-order valence-corrected chi connectivity index (χ1v) is 4.75. The predicted molar refractivity (Wildman–Crippen MR) is 60.0 cm³/mol. The molecule has 0 bridgehead atoms. The van der Waals surface area contributed by atoms with Gasteiger partial charge in [-0.2, -0.15) is 0 Å². The number of nitrogens with zero attached hydrogens (tertiary/aromatic N) is 1. The summed E-state index contributed by atoms with van der Waals surface area (Å²) < 4.78 is 5.00. The van der Waals surface area contributed by atoms with Gasteiger partial charge in [0.05, 0.1) is 0 Å². The van der Waals surface area contributed by atoms with Crippen LogP contribution in [-0.4, -0.2) is 10.9 Å². The zero-order valence-corrected chi connectivity index (χ0v) is 8.73. The van der Waals surface area contributed by atoms with Crippen LogP contribution in [0.5, 0.6) is 0 Å². The lowest BCUT2D eigenvalue weighted by atomic mass is 10.3. The van der Waals surface area contributed by atoms with E-state index in [-0.39, 0.29) is 17.6 Å². The van der Waals surface area contributed by atoms with Gasteiger partial charge >= 0.3 is 0 Å². The van der Waals surface area contributed by atoms with Crippen molar-refractivity contribution in [3.05, 3.63) is 41.8 Å². The molecule has 16 heavy (non-hydrogen) atoms. The van der Waals surface area contributed by atoms with Gasteiger partial charge in [-0.25, -0.2) is 4.98 Å². The number of amides is 1. The van der Waals surface area contributed by atoms with E-state index in [0.717, 1.165) is 5.56 Å². The maximum absolute atomic E-state index is 11.7. The minimum atomic E-state index is -0.362. The standard InChI is InChI=1S/C11H11N3O2/c1-7-3-2-6-13-10(7)14-11(15)8-4-5-9(12)16-8/h2-6H,12H2,1H3,(H,13,14,15). The zero-order chi connectivity index (χ0) is 11.5. The summed E-state index contributed by atoms with van der Waals surface area (Å²) in [4.78, 5) is 15.7. The van der Waals surface area contributed by atoms with Crippen LogP contribution < -0.4 is 11.1 Å². The largest absolute Gasteiger partial charge is 0.436 e. The number of carbonyl (C=O) groups excluding carboxylic acids is 1. The topological polar surface area (TPSA) is 81.2 Å². The first kappa shape index (κ1) is 10.2. The summed E-state index contributed by atoms with van der Waals surface area (Å²) in [7, 11) is 0. The van der Waals surface area contributed by atoms with Gasteiger partial charge in [0.2, 0.25) is 0 Å². The average molecular weight is 217 g/mol. The number of nitrogens with two attached hydrogens (primary N) is 1. The molecule has 0 saturated heterocycles. The van der Waals surface area contributed by atoms with E-state index in [4.69, 9.17) is 10.2 Å². The van der Waals surface area contributed by atoms with Crippen LogP contribution in [0, 0.1) is 6.92 Å². The number of carbonyl (C=O) groups is 1. The van der Waals surface area contributed by atoms with Gasteiger partial charge in [-0.3, -0.25) is 4.79 Å². The number of nitrogen functional groups attached to an aromatic ring is 1. The first-order valence-electron chi connectivity index (χ1n) is 4.75. The molecule has 0 atom stereocenters. The summed E-state index contributed by atoms with van der Waals surface area (Å²) in [5.41, 5.74) is 6.26. The van der Waals surface area contributed by atoms with E-state index in [9.17, 15) is 4.79 Å². The number of furan rings is 1. The van der Waals surface area contributed by atoms with Crippen LogP contribution >= 0.6 is 0 Å². The third-order valence-electron chi connectivity index (χ3n) is 2.09. The molecular formula is C11H11N3O2. The summed E-state index contributed by atoms with van der Waals surface area (Å²) in [6.07, 6.45) is 1.61. The second kappa shape index (κ2) is 4.06. The van der Waals surface area contributed by atoms with Gasteiger partial charge in [-0.1, -0.05) is 6.07 Å². The molecule has 0 aromatic carbocycles. The molecule has 3 N–H and O–H groups in total. The van der Waals surface area contributed by atoms with E-state index < -0.39 is 0 Å². The van der Waals surface area contributed by atoms with Crippen LogP contribution in [0.25, 0.3) is 0 Å². The molecule has 1 amide bonds. The summed E-state index contributed by atoms with van der Waals surface area (Å²) >= 11 is 0. The van der Waals surface area contributed by atoms with Crippen LogP contribution in [-0.2, 0) is 0 Å². The Morgan fingerprint density at radius 3 is 2.88 bits per heavy atom. The molecule has 2 aromatic rings. The molecule has 5 heteroatoms. The molecule has 0 aliphatic heterocycles. The number of aryl methyl sites for hydroxylation is 1. The Morgan fingerprint density at radius 1 is 1.44 bits per heavy atom. The fourth-order valence-electron chi connectivity index (χ4n) is 1.26. The molecule has 0 aliphatic rings. The Morgan fingerprint density at radius 2 is 2.25 bits per heavy atom. The van der Waals surface area contributed by atoms with Crippen LogP contribution in [0.4, 0.5) is 11.7 Å². The molecule has 82 valence electrons. The number of aromatic nitrogens is 1. The van der Waals surface area contributed by atoms with Crippen LogP contribution in [0.3, 0.4) is 0 Å². The fourth-order valence-corrected chi connectivity index (χ4v) is 1.26. The van der Waals surface area contributed by atoms with Gasteiger partial charge in [0.1, 0.15) is 5.82 Å². The van der Waals surface area contributed by atoms with Crippen molar-refractivity contribution in [1.29, 1.82) is 0 Å². The summed E-state index contributed by atoms with van der Waals surface area (Å²) in [5.74, 6) is 0.534. The molecule has 0 saturated carbocycles. The van der Waals surface area contributed by atoms with Crippen molar-refractivity contribution in [3.63, 3.8) is 0 Å². The summed E-state index contributed by atoms with van der Waals surface area (Å²) in [6, 6.07) is 6.71. The van der Waals surface area contributed by atoms with Gasteiger partial charge < -0.3 is 15.5 Å². The fraction of sp³-hybridized carbons (Fsp3) is 0.0909. The van der Waals surface area contributed by atoms with E-state index in [1.807, 2.05) is 13.0 Å². The second-order valence-corrected chi connectivity index (χ2v) is 3.33. The molecule has 2 aromatic heterocycles. The van der Waals surface area contributed by atoms with Crippen molar-refractivity contribution in [1.82, 2.24) is 4.98 Å². The van der Waals surface area contributed by atoms with E-state index >= 15 is 0 Å². The molecule has 5 nitrogen and oxygen atoms in total. The van der Waals surface area contributed by atoms with Gasteiger partial charge in [-0.15, -0.1) is 0 Å². The maximum atomic E-state index is 11.7. The Hall–Kier alpha value is -2.30. The Kier molecular flexibility index (Phi) is 2.59. The van der Waals surface area contributed by atoms with Crippen molar-refractivity contribution in [2.45, 2.75) is 6.92 Å². The monoisotopic (exact) mass is 217 g/mol. The molecular weight excluding hydrogens is 206 g/mol. The maximum Gasteiger partial charge on any atom is 0.292 e. The van der Waals surface area contributed by atoms with Gasteiger partial charge in [0, 0.05) is 12.3 Å². The first-order chi connectivity index (χ1) is 7.66. The Balaban J connectivity index is 2.17. The Bertz CT molecular complexity index is 519. The van der Waals surface area contributed by atoms with Gasteiger partial charge in [0.25, 0.3) is 5.91 Å². The lowest BCUT2D eigenvalue weighted by Crippen LogP contribution is -2.12. The average Bonchev–Trinajstić information content (AvgIpc) is 2.68. The quantitative estimate of drug-likeness (QED) is 0.803. The number of pyridine rings is 1. The molecule has 0 aliphatic carbocycles. The predicted octanol–water partition coefficient (Wildman–Crippen LogP) is 1.82. The highest BCUT2D eigenvalue weighted by Crippen LogP contribution is 2.13. The van der Waals surface area contributed by atoms with Gasteiger partial charge in [0.15, 0.2) is 11.6 Å². The lowest BCUT2D eigenvalue weighted by molar-refractivity contribution is 0.0997. The van der Waals surface area contributed by atoms with E-state index in [1.54, 1.807) is 12.3 Å². The highest BCUT2D eigenvalue weighted by Gasteiger charge is 2.11. The number of rotatable bonds is 2. The van der Waals surface area contributed by atoms with Crippen molar-refractivity contribution in [2.24, 2.45) is 0 Å². The van der Waals surface area contributed by atoms with Crippen molar-refractivity contribution < 1.29 is 9.21 Å². The van der Waals surface area contributed by atoms with Crippen LogP contribution in [0.1, 0.15) is 16.1 Å². The van der Waals surface area contributed by atoms with E-state index in [2.05, 4.69) is 10.3 Å². The summed E-state index contributed by atoms with van der Waals surface area (Å²) in [5, 5.41) is 2.64. The number of hydrogen-bond acceptors (Lipinski definition) is 4. The molecule has 2 rings (SSSR count). The minimum Gasteiger partial charge on any atom is -0.436 e. The second-order valence-electron chi connectivity index (χ2n) is 3.33. The summed E-state index contributed by atoms with van der Waals surface area (Å²) in [6.45, 7) is 1.86. The minimum absolute atomic E-state index is 0.169. The molecule has 0 spiro atoms. The van der Waals surface area contributed by atoms with Gasteiger partial charge in [-0.05, 0) is 24.6 Å². The zero-order valence-electron chi connectivity index (χ0n) is 8.73. The highest BCUT2D eigenvalue weighted by molar-refractivity contribution is 6.02. The smallest absolute Gasteiger partial charge is 0.292 e. The number of nitrogens with one attached hydrogen (secondary N) is 1. The van der Waals surface area contributed by atoms with Crippen molar-refractivity contribution in [2.75, 3.05) is 11.1 Å². The SMILES string of the molecule is Cc1cccnc1NC(=O)c1ccc(N)o1.